The smallest absolute Gasteiger partial charge is 0.488 e. The Hall–Kier alpha value is -2.64. The van der Waals surface area contributed by atoms with E-state index < -0.39 is 7.12 Å². The molecule has 0 saturated heterocycles. The fourth-order valence-electron chi connectivity index (χ4n) is 2.41. The first-order valence-corrected chi connectivity index (χ1v) is 7.58. The predicted octanol–water partition coefficient (Wildman–Crippen LogP) is 1.24. The van der Waals surface area contributed by atoms with Gasteiger partial charge in [-0.2, -0.15) is 0 Å². The third-order valence-electron chi connectivity index (χ3n) is 3.78. The van der Waals surface area contributed by atoms with E-state index in [0.717, 1.165) is 33.9 Å². The summed E-state index contributed by atoms with van der Waals surface area (Å²) in [5, 5.41) is 21.5. The van der Waals surface area contributed by atoms with E-state index in [1.54, 1.807) is 19.2 Å². The van der Waals surface area contributed by atoms with Gasteiger partial charge < -0.3 is 20.1 Å². The van der Waals surface area contributed by atoms with Crippen molar-refractivity contribution >= 4 is 29.4 Å². The van der Waals surface area contributed by atoms with E-state index in [4.69, 9.17) is 14.8 Å². The average Bonchev–Trinajstić information content (AvgIpc) is 2.59. The third-order valence-corrected chi connectivity index (χ3v) is 3.78. The van der Waals surface area contributed by atoms with Crippen molar-refractivity contribution in [1.29, 1.82) is 0 Å². The van der Waals surface area contributed by atoms with Gasteiger partial charge in [0.2, 0.25) is 0 Å². The normalized spacial score (nSPS) is 10.7. The van der Waals surface area contributed by atoms with Crippen LogP contribution in [0.1, 0.15) is 11.3 Å². The molecule has 0 saturated carbocycles. The molecule has 3 rings (SSSR count). The molecule has 6 nitrogen and oxygen atoms in total. The molecule has 24 heavy (non-hydrogen) atoms. The minimum absolute atomic E-state index is 0.467. The van der Waals surface area contributed by atoms with Crippen LogP contribution in [0.25, 0.3) is 11.0 Å². The van der Waals surface area contributed by atoms with Gasteiger partial charge in [-0.15, -0.1) is 0 Å². The lowest BCUT2D eigenvalue weighted by molar-refractivity contribution is 0.415. The first-order valence-electron chi connectivity index (χ1n) is 7.58. The number of methoxy groups -OCH3 is 1. The minimum Gasteiger partial charge on any atom is -0.497 e. The molecule has 1 heterocycles. The summed E-state index contributed by atoms with van der Waals surface area (Å²) in [5.41, 5.74) is 3.87. The number of aryl methyl sites for hydroxylation is 1. The Morgan fingerprint density at radius 3 is 2.46 bits per heavy atom. The van der Waals surface area contributed by atoms with Crippen molar-refractivity contribution in [1.82, 2.24) is 9.97 Å². The molecule has 2 aromatic carbocycles. The summed E-state index contributed by atoms with van der Waals surface area (Å²) in [6.07, 6.45) is 0. The molecular weight excluding hydrogens is 305 g/mol. The van der Waals surface area contributed by atoms with E-state index in [2.05, 4.69) is 15.3 Å². The molecule has 0 spiro atoms. The fourth-order valence-corrected chi connectivity index (χ4v) is 2.41. The standard InChI is InChI=1S/C17H18BN3O3/c1-11-17(19-10-12-3-5-13(6-4-12)18(22)23)21-15-8-7-14(24-2)9-16(15)20-11/h3-9,22-23H,10H2,1-2H3,(H,19,21). The van der Waals surface area contributed by atoms with Gasteiger partial charge >= 0.3 is 7.12 Å². The van der Waals surface area contributed by atoms with Crippen LogP contribution >= 0.6 is 0 Å². The van der Waals surface area contributed by atoms with Crippen LogP contribution in [0, 0.1) is 6.92 Å². The number of benzene rings is 2. The van der Waals surface area contributed by atoms with E-state index in [-0.39, 0.29) is 0 Å². The number of fused-ring (bicyclic) bond motifs is 1. The number of hydrogen-bond donors (Lipinski definition) is 3. The summed E-state index contributed by atoms with van der Waals surface area (Å²) < 4.78 is 5.21. The van der Waals surface area contributed by atoms with Crippen molar-refractivity contribution in [3.8, 4) is 5.75 Å². The number of aromatic nitrogens is 2. The second-order valence-corrected chi connectivity index (χ2v) is 5.48. The van der Waals surface area contributed by atoms with Gasteiger partial charge in [0.25, 0.3) is 0 Å². The van der Waals surface area contributed by atoms with Gasteiger partial charge in [-0.3, -0.25) is 0 Å². The van der Waals surface area contributed by atoms with Gasteiger partial charge in [-0.05, 0) is 30.1 Å². The SMILES string of the molecule is COc1ccc2nc(NCc3ccc(B(O)O)cc3)c(C)nc2c1. The first-order chi connectivity index (χ1) is 11.6. The number of nitrogens with zero attached hydrogens (tertiary/aromatic N) is 2. The summed E-state index contributed by atoms with van der Waals surface area (Å²) in [5.74, 6) is 1.47. The zero-order valence-electron chi connectivity index (χ0n) is 13.5. The lowest BCUT2D eigenvalue weighted by Crippen LogP contribution is -2.29. The van der Waals surface area contributed by atoms with Crippen LogP contribution < -0.4 is 15.5 Å². The zero-order valence-corrected chi connectivity index (χ0v) is 13.5. The maximum Gasteiger partial charge on any atom is 0.488 e. The van der Waals surface area contributed by atoms with Crippen LogP contribution in [0.3, 0.4) is 0 Å². The van der Waals surface area contributed by atoms with Gasteiger partial charge in [0.15, 0.2) is 0 Å². The fraction of sp³-hybridized carbons (Fsp3) is 0.176. The molecule has 0 aliphatic rings. The molecule has 3 N–H and O–H groups in total. The van der Waals surface area contributed by atoms with Crippen molar-refractivity contribution in [2.24, 2.45) is 0 Å². The molecule has 0 radical (unpaired) electrons. The number of hydrogen-bond acceptors (Lipinski definition) is 6. The second kappa shape index (κ2) is 6.86. The van der Waals surface area contributed by atoms with Crippen LogP contribution in [-0.4, -0.2) is 34.2 Å². The lowest BCUT2D eigenvalue weighted by Gasteiger charge is -2.10. The third kappa shape index (κ3) is 3.47. The monoisotopic (exact) mass is 323 g/mol. The van der Waals surface area contributed by atoms with E-state index in [9.17, 15) is 0 Å². The highest BCUT2D eigenvalue weighted by molar-refractivity contribution is 6.58. The van der Waals surface area contributed by atoms with Crippen molar-refractivity contribution in [2.75, 3.05) is 12.4 Å². The Morgan fingerprint density at radius 1 is 1.04 bits per heavy atom. The molecule has 0 amide bonds. The highest BCUT2D eigenvalue weighted by atomic mass is 16.5. The van der Waals surface area contributed by atoms with Gasteiger partial charge in [0.05, 0.1) is 23.8 Å². The number of anilines is 1. The second-order valence-electron chi connectivity index (χ2n) is 5.48. The molecule has 0 unspecified atom stereocenters. The van der Waals surface area contributed by atoms with Gasteiger partial charge in [-0.25, -0.2) is 9.97 Å². The average molecular weight is 323 g/mol. The minimum atomic E-state index is -1.45. The Labute approximate surface area is 140 Å². The summed E-state index contributed by atoms with van der Waals surface area (Å²) in [4.78, 5) is 9.16. The van der Waals surface area contributed by atoms with E-state index in [1.807, 2.05) is 37.3 Å². The van der Waals surface area contributed by atoms with Crippen molar-refractivity contribution in [2.45, 2.75) is 13.5 Å². The van der Waals surface area contributed by atoms with Crippen molar-refractivity contribution < 1.29 is 14.8 Å². The maximum absolute atomic E-state index is 9.11. The molecule has 0 aliphatic heterocycles. The van der Waals surface area contributed by atoms with E-state index in [0.29, 0.717) is 12.0 Å². The molecule has 122 valence electrons. The lowest BCUT2D eigenvalue weighted by atomic mass is 9.80. The quantitative estimate of drug-likeness (QED) is 0.613. The summed E-state index contributed by atoms with van der Waals surface area (Å²) in [6.45, 7) is 2.47. The molecule has 7 heteroatoms. The molecule has 3 aromatic rings. The number of ether oxygens (including phenoxy) is 1. The predicted molar refractivity (Wildman–Crippen MR) is 94.4 cm³/mol. The molecule has 0 atom stereocenters. The van der Waals surface area contributed by atoms with Crippen molar-refractivity contribution in [3.05, 3.63) is 53.7 Å². The Bertz CT molecular complexity index is 854. The molecule has 0 bridgehead atoms. The summed E-state index contributed by atoms with van der Waals surface area (Å²) in [6, 6.07) is 12.7. The molecule has 1 aromatic heterocycles. The molecule has 0 fully saturated rings. The van der Waals surface area contributed by atoms with Crippen molar-refractivity contribution in [3.63, 3.8) is 0 Å². The number of rotatable bonds is 5. The van der Waals surface area contributed by atoms with Crippen LogP contribution in [0.15, 0.2) is 42.5 Å². The topological polar surface area (TPSA) is 87.5 Å². The molecule has 0 aliphatic carbocycles. The summed E-state index contributed by atoms with van der Waals surface area (Å²) >= 11 is 0. The van der Waals surface area contributed by atoms with E-state index in [1.165, 1.54) is 0 Å². The van der Waals surface area contributed by atoms with Gasteiger partial charge in [0.1, 0.15) is 11.6 Å². The van der Waals surface area contributed by atoms with E-state index >= 15 is 0 Å². The molecular formula is C17H18BN3O3. The Morgan fingerprint density at radius 2 is 1.79 bits per heavy atom. The highest BCUT2D eigenvalue weighted by Crippen LogP contribution is 2.21. The highest BCUT2D eigenvalue weighted by Gasteiger charge is 2.10. The van der Waals surface area contributed by atoms with Gasteiger partial charge in [-0.1, -0.05) is 24.3 Å². The van der Waals surface area contributed by atoms with Crippen LogP contribution in [0.5, 0.6) is 5.75 Å². The summed E-state index contributed by atoms with van der Waals surface area (Å²) in [7, 11) is 0.177. The first kappa shape index (κ1) is 16.2. The maximum atomic E-state index is 9.11. The van der Waals surface area contributed by atoms with Crippen LogP contribution in [-0.2, 0) is 6.54 Å². The van der Waals surface area contributed by atoms with Gasteiger partial charge in [0, 0.05) is 12.6 Å². The number of nitrogens with one attached hydrogen (secondary N) is 1. The van der Waals surface area contributed by atoms with Crippen LogP contribution in [0.4, 0.5) is 5.82 Å². The zero-order chi connectivity index (χ0) is 17.1. The largest absolute Gasteiger partial charge is 0.497 e. The van der Waals surface area contributed by atoms with Crippen LogP contribution in [0.2, 0.25) is 0 Å². The Balaban J connectivity index is 1.78. The Kier molecular flexibility index (Phi) is 4.64.